The van der Waals surface area contributed by atoms with Gasteiger partial charge in [0.2, 0.25) is 0 Å². The van der Waals surface area contributed by atoms with Crippen molar-refractivity contribution in [3.8, 4) is 0 Å². The van der Waals surface area contributed by atoms with Crippen LogP contribution in [0.3, 0.4) is 0 Å². The number of ether oxygens (including phenoxy) is 1. The first kappa shape index (κ1) is 19.4. The molecule has 2 fully saturated rings. The second-order valence-electron chi connectivity index (χ2n) is 8.09. The van der Waals surface area contributed by atoms with E-state index >= 15 is 0 Å². The minimum Gasteiger partial charge on any atom is -0.462 e. The molecule has 0 bridgehead atoms. The van der Waals surface area contributed by atoms with Crippen molar-refractivity contribution in [3.05, 3.63) is 51.2 Å². The van der Waals surface area contributed by atoms with Gasteiger partial charge in [0, 0.05) is 17.8 Å². The van der Waals surface area contributed by atoms with Gasteiger partial charge in [-0.25, -0.2) is 9.59 Å². The lowest BCUT2D eigenvalue weighted by Gasteiger charge is -2.30. The molecule has 0 radical (unpaired) electrons. The van der Waals surface area contributed by atoms with Gasteiger partial charge in [-0.3, -0.25) is 10.1 Å². The summed E-state index contributed by atoms with van der Waals surface area (Å²) in [4.78, 5) is 36.0. The molecule has 2 amide bonds. The van der Waals surface area contributed by atoms with E-state index in [-0.39, 0.29) is 11.6 Å². The van der Waals surface area contributed by atoms with Gasteiger partial charge in [0.1, 0.15) is 0 Å². The molecule has 4 rings (SSSR count). The normalized spacial score (nSPS) is 22.6. The number of carbonyl (C=O) groups excluding carboxylic acids is 2. The van der Waals surface area contributed by atoms with Crippen molar-refractivity contribution in [3.63, 3.8) is 0 Å². The second-order valence-corrected chi connectivity index (χ2v) is 8.09. The highest BCUT2D eigenvalue weighted by molar-refractivity contribution is 5.95. The Hall–Kier alpha value is -2.90. The van der Waals surface area contributed by atoms with Crippen LogP contribution >= 0.6 is 0 Å². The molecule has 29 heavy (non-hydrogen) atoms. The molecular weight excluding hydrogens is 374 g/mol. The maximum absolute atomic E-state index is 13.1. The standard InChI is InChI=1S/C21H25N3O5/c25-20(29-12-13-5-2-1-3-6-13)17-18(14-9-10-14)22-21(26)23-19(17)15-7-4-8-16(11-15)24(27)28/h4,7-8,11,13-14,19H,1-3,5-6,9-10,12H2,(H2,22,23,26). The highest BCUT2D eigenvalue weighted by Crippen LogP contribution is 2.41. The van der Waals surface area contributed by atoms with Crippen LogP contribution in [0.4, 0.5) is 10.5 Å². The first-order valence-electron chi connectivity index (χ1n) is 10.3. The molecule has 0 spiro atoms. The molecule has 8 heteroatoms. The van der Waals surface area contributed by atoms with Crippen LogP contribution in [0, 0.1) is 22.0 Å². The fourth-order valence-electron chi connectivity index (χ4n) is 4.20. The molecule has 2 N–H and O–H groups in total. The molecule has 0 saturated heterocycles. The van der Waals surface area contributed by atoms with Gasteiger partial charge in [-0.2, -0.15) is 0 Å². The van der Waals surface area contributed by atoms with Gasteiger partial charge in [0.15, 0.2) is 0 Å². The summed E-state index contributed by atoms with van der Waals surface area (Å²) in [6.07, 6.45) is 7.47. The number of nitrogens with one attached hydrogen (secondary N) is 2. The lowest BCUT2D eigenvalue weighted by Crippen LogP contribution is -2.46. The van der Waals surface area contributed by atoms with E-state index in [4.69, 9.17) is 4.74 Å². The third kappa shape index (κ3) is 4.41. The van der Waals surface area contributed by atoms with E-state index in [1.54, 1.807) is 12.1 Å². The van der Waals surface area contributed by atoms with Crippen molar-refractivity contribution in [1.29, 1.82) is 0 Å². The Morgan fingerprint density at radius 2 is 1.93 bits per heavy atom. The van der Waals surface area contributed by atoms with E-state index in [0.717, 1.165) is 38.5 Å². The van der Waals surface area contributed by atoms with Crippen LogP contribution in [0.25, 0.3) is 0 Å². The van der Waals surface area contributed by atoms with Crippen LogP contribution in [0.1, 0.15) is 56.6 Å². The Kier molecular flexibility index (Phi) is 5.51. The van der Waals surface area contributed by atoms with Crippen LogP contribution < -0.4 is 10.6 Å². The lowest BCUT2D eigenvalue weighted by atomic mass is 9.90. The van der Waals surface area contributed by atoms with Gasteiger partial charge in [-0.15, -0.1) is 0 Å². The van der Waals surface area contributed by atoms with E-state index in [9.17, 15) is 19.7 Å². The second kappa shape index (κ2) is 8.23. The largest absolute Gasteiger partial charge is 0.462 e. The zero-order valence-electron chi connectivity index (χ0n) is 16.2. The number of hydrogen-bond donors (Lipinski definition) is 2. The minimum absolute atomic E-state index is 0.0850. The summed E-state index contributed by atoms with van der Waals surface area (Å²) < 4.78 is 5.67. The van der Waals surface area contributed by atoms with Gasteiger partial charge in [0.05, 0.1) is 23.1 Å². The number of urea groups is 1. The minimum atomic E-state index is -0.766. The molecule has 1 atom stereocenters. The maximum Gasteiger partial charge on any atom is 0.338 e. The van der Waals surface area contributed by atoms with Gasteiger partial charge in [-0.05, 0) is 43.1 Å². The fraction of sp³-hybridized carbons (Fsp3) is 0.524. The molecule has 2 saturated carbocycles. The summed E-state index contributed by atoms with van der Waals surface area (Å²) in [5.74, 6) is 0.0426. The fourth-order valence-corrected chi connectivity index (χ4v) is 4.20. The summed E-state index contributed by atoms with van der Waals surface area (Å²) in [7, 11) is 0. The SMILES string of the molecule is O=C1NC(C2CC2)=C(C(=O)OCC2CCCCC2)C(c2cccc([N+](=O)[O-])c2)N1. The Labute approximate surface area is 168 Å². The van der Waals surface area contributed by atoms with E-state index in [2.05, 4.69) is 10.6 Å². The van der Waals surface area contributed by atoms with Crippen LogP contribution in [-0.4, -0.2) is 23.5 Å². The number of rotatable bonds is 6. The highest BCUT2D eigenvalue weighted by atomic mass is 16.6. The number of esters is 1. The number of amides is 2. The highest BCUT2D eigenvalue weighted by Gasteiger charge is 2.40. The van der Waals surface area contributed by atoms with Crippen LogP contribution in [0.2, 0.25) is 0 Å². The van der Waals surface area contributed by atoms with Gasteiger partial charge in [0.25, 0.3) is 5.69 Å². The monoisotopic (exact) mass is 399 g/mol. The van der Waals surface area contributed by atoms with E-state index in [1.165, 1.54) is 18.6 Å². The molecule has 3 aliphatic rings. The zero-order chi connectivity index (χ0) is 20.4. The first-order chi connectivity index (χ1) is 14.0. The van der Waals surface area contributed by atoms with E-state index < -0.39 is 23.0 Å². The van der Waals surface area contributed by atoms with Crippen LogP contribution in [0.15, 0.2) is 35.5 Å². The Morgan fingerprint density at radius 3 is 2.62 bits per heavy atom. The number of nitro groups is 1. The zero-order valence-corrected chi connectivity index (χ0v) is 16.2. The topological polar surface area (TPSA) is 111 Å². The van der Waals surface area contributed by atoms with E-state index in [1.807, 2.05) is 0 Å². The Morgan fingerprint density at radius 1 is 1.17 bits per heavy atom. The summed E-state index contributed by atoms with van der Waals surface area (Å²) in [5.41, 5.74) is 1.37. The van der Waals surface area contributed by atoms with Crippen molar-refractivity contribution < 1.29 is 19.2 Å². The number of non-ortho nitro benzene ring substituents is 1. The third-order valence-electron chi connectivity index (χ3n) is 5.90. The quantitative estimate of drug-likeness (QED) is 0.430. The summed E-state index contributed by atoms with van der Waals surface area (Å²) in [5, 5.41) is 16.7. The Bertz CT molecular complexity index is 856. The Balaban J connectivity index is 1.62. The summed E-state index contributed by atoms with van der Waals surface area (Å²) in [6, 6.07) is 4.85. The van der Waals surface area contributed by atoms with Crippen molar-refractivity contribution in [2.45, 2.75) is 51.0 Å². The number of carbonyl (C=O) groups is 2. The molecule has 2 aliphatic carbocycles. The van der Waals surface area contributed by atoms with Crippen molar-refractivity contribution in [2.24, 2.45) is 11.8 Å². The number of hydrogen-bond acceptors (Lipinski definition) is 5. The van der Waals surface area contributed by atoms with E-state index in [0.29, 0.717) is 29.4 Å². The van der Waals surface area contributed by atoms with Crippen molar-refractivity contribution >= 4 is 17.7 Å². The molecular formula is C21H25N3O5. The smallest absolute Gasteiger partial charge is 0.338 e. The molecule has 1 heterocycles. The maximum atomic E-state index is 13.1. The molecule has 1 aromatic carbocycles. The predicted octanol–water partition coefficient (Wildman–Crippen LogP) is 3.74. The number of nitro benzene ring substituents is 1. The molecule has 1 unspecified atom stereocenters. The van der Waals surface area contributed by atoms with Gasteiger partial charge >= 0.3 is 12.0 Å². The molecule has 8 nitrogen and oxygen atoms in total. The van der Waals surface area contributed by atoms with Gasteiger partial charge < -0.3 is 15.4 Å². The molecule has 0 aromatic heterocycles. The van der Waals surface area contributed by atoms with Crippen molar-refractivity contribution in [1.82, 2.24) is 10.6 Å². The average molecular weight is 399 g/mol. The number of allylic oxidation sites excluding steroid dienone is 1. The third-order valence-corrected chi connectivity index (χ3v) is 5.90. The summed E-state index contributed by atoms with van der Waals surface area (Å²) in [6.45, 7) is 0.371. The van der Waals surface area contributed by atoms with Gasteiger partial charge in [-0.1, -0.05) is 31.4 Å². The lowest BCUT2D eigenvalue weighted by molar-refractivity contribution is -0.384. The predicted molar refractivity (Wildman–Crippen MR) is 105 cm³/mol. The van der Waals surface area contributed by atoms with Crippen LogP contribution in [0.5, 0.6) is 0 Å². The summed E-state index contributed by atoms with van der Waals surface area (Å²) >= 11 is 0. The first-order valence-corrected chi connectivity index (χ1v) is 10.3. The van der Waals surface area contributed by atoms with Crippen LogP contribution in [-0.2, 0) is 9.53 Å². The number of benzene rings is 1. The molecule has 154 valence electrons. The number of nitrogens with zero attached hydrogens (tertiary/aromatic N) is 1. The molecule has 1 aromatic rings. The molecule has 1 aliphatic heterocycles. The average Bonchev–Trinajstić information content (AvgIpc) is 3.57. The van der Waals surface area contributed by atoms with Crippen molar-refractivity contribution in [2.75, 3.05) is 6.61 Å².